The highest BCUT2D eigenvalue weighted by Gasteiger charge is 2.26. The standard InChI is InChI=1S/C22H25ClN4O6/c1-22(2,3)33-21(30)25-15-11-18(28)24-7-8-32-17-9-12(20(29)31-4)5-6-13(17)16-10-14(15)19(23)27-26-16/h5-6,9-10,15H,7-8,11H2,1-4H3,(H,24,28)(H,25,30). The van der Waals surface area contributed by atoms with Crippen molar-refractivity contribution in [3.63, 3.8) is 0 Å². The van der Waals surface area contributed by atoms with Gasteiger partial charge in [0.05, 0.1) is 37.4 Å². The van der Waals surface area contributed by atoms with Gasteiger partial charge in [0.25, 0.3) is 0 Å². The summed E-state index contributed by atoms with van der Waals surface area (Å²) in [5, 5.41) is 13.6. The van der Waals surface area contributed by atoms with Crippen LogP contribution in [0.4, 0.5) is 4.79 Å². The van der Waals surface area contributed by atoms with Crippen molar-refractivity contribution in [3.05, 3.63) is 40.5 Å². The quantitative estimate of drug-likeness (QED) is 0.633. The lowest BCUT2D eigenvalue weighted by atomic mass is 10.0. The van der Waals surface area contributed by atoms with Crippen molar-refractivity contribution >= 4 is 29.6 Å². The summed E-state index contributed by atoms with van der Waals surface area (Å²) in [5.74, 6) is -0.504. The first-order chi connectivity index (χ1) is 15.6. The molecule has 0 saturated heterocycles. The van der Waals surface area contributed by atoms with Gasteiger partial charge in [-0.25, -0.2) is 9.59 Å². The number of fused-ring (bicyclic) bond motifs is 4. The summed E-state index contributed by atoms with van der Waals surface area (Å²) >= 11 is 6.30. The lowest BCUT2D eigenvalue weighted by Crippen LogP contribution is -2.38. The molecule has 0 fully saturated rings. The molecule has 1 aromatic carbocycles. The predicted molar refractivity (Wildman–Crippen MR) is 119 cm³/mol. The van der Waals surface area contributed by atoms with E-state index in [1.807, 2.05) is 0 Å². The SMILES string of the molecule is COC(=O)c1ccc2c(c1)OCCNC(=O)CC(NC(=O)OC(C)(C)C)c1cc-2nnc1Cl. The van der Waals surface area contributed by atoms with Gasteiger partial charge in [-0.3, -0.25) is 4.79 Å². The molecule has 176 valence electrons. The Kier molecular flexibility index (Phi) is 7.37. The summed E-state index contributed by atoms with van der Waals surface area (Å²) in [6.07, 6.45) is -0.800. The van der Waals surface area contributed by atoms with Gasteiger partial charge >= 0.3 is 12.1 Å². The molecule has 2 N–H and O–H groups in total. The molecule has 10 nitrogen and oxygen atoms in total. The minimum Gasteiger partial charge on any atom is -0.491 e. The van der Waals surface area contributed by atoms with Gasteiger partial charge in [-0.15, -0.1) is 10.2 Å². The van der Waals surface area contributed by atoms with Gasteiger partial charge in [-0.2, -0.15) is 0 Å². The van der Waals surface area contributed by atoms with E-state index in [1.54, 1.807) is 39.0 Å². The van der Waals surface area contributed by atoms with E-state index >= 15 is 0 Å². The molecule has 11 heteroatoms. The number of alkyl carbamates (subject to hydrolysis) is 1. The van der Waals surface area contributed by atoms with Crippen molar-refractivity contribution in [2.45, 2.75) is 38.8 Å². The zero-order valence-corrected chi connectivity index (χ0v) is 19.5. The van der Waals surface area contributed by atoms with Crippen molar-refractivity contribution in [1.29, 1.82) is 0 Å². The summed E-state index contributed by atoms with van der Waals surface area (Å²) in [6, 6.07) is 5.56. The highest BCUT2D eigenvalue weighted by molar-refractivity contribution is 6.30. The summed E-state index contributed by atoms with van der Waals surface area (Å²) in [5.41, 5.74) is 0.885. The van der Waals surface area contributed by atoms with Crippen LogP contribution in [-0.4, -0.2) is 54.0 Å². The molecule has 1 aromatic heterocycles. The van der Waals surface area contributed by atoms with Gasteiger partial charge in [0.2, 0.25) is 5.91 Å². The molecule has 2 bridgehead atoms. The first-order valence-corrected chi connectivity index (χ1v) is 10.6. The van der Waals surface area contributed by atoms with Gasteiger partial charge in [0, 0.05) is 11.1 Å². The van der Waals surface area contributed by atoms with E-state index < -0.39 is 23.7 Å². The van der Waals surface area contributed by atoms with Gasteiger partial charge < -0.3 is 24.8 Å². The molecule has 0 spiro atoms. The topological polar surface area (TPSA) is 129 Å². The largest absolute Gasteiger partial charge is 0.491 e. The number of methoxy groups -OCH3 is 1. The highest BCUT2D eigenvalue weighted by Crippen LogP contribution is 2.34. The third-order valence-electron chi connectivity index (χ3n) is 4.59. The Labute approximate surface area is 195 Å². The molecule has 1 aliphatic heterocycles. The number of aromatic nitrogens is 2. The Morgan fingerprint density at radius 1 is 1.24 bits per heavy atom. The molecule has 33 heavy (non-hydrogen) atoms. The number of carbonyl (C=O) groups excluding carboxylic acids is 3. The first-order valence-electron chi connectivity index (χ1n) is 10.2. The maximum absolute atomic E-state index is 12.5. The number of amides is 2. The third kappa shape index (κ3) is 6.32. The molecular weight excluding hydrogens is 452 g/mol. The van der Waals surface area contributed by atoms with Crippen LogP contribution in [0.1, 0.15) is 49.2 Å². The fraction of sp³-hybridized carbons (Fsp3) is 0.409. The van der Waals surface area contributed by atoms with E-state index in [0.717, 1.165) is 0 Å². The average Bonchev–Trinajstić information content (AvgIpc) is 2.74. The summed E-state index contributed by atoms with van der Waals surface area (Å²) in [4.78, 5) is 36.9. The second-order valence-electron chi connectivity index (χ2n) is 8.28. The maximum Gasteiger partial charge on any atom is 0.408 e. The van der Waals surface area contributed by atoms with Gasteiger partial charge in [0.1, 0.15) is 18.0 Å². The van der Waals surface area contributed by atoms with Crippen LogP contribution in [0.2, 0.25) is 5.15 Å². The van der Waals surface area contributed by atoms with E-state index in [2.05, 4.69) is 20.8 Å². The number of halogens is 1. The number of nitrogens with zero attached hydrogens (tertiary/aromatic N) is 2. The fourth-order valence-corrected chi connectivity index (χ4v) is 3.39. The smallest absolute Gasteiger partial charge is 0.408 e. The Morgan fingerprint density at radius 2 is 2.00 bits per heavy atom. The van der Waals surface area contributed by atoms with Crippen LogP contribution in [0, 0.1) is 0 Å². The fourth-order valence-electron chi connectivity index (χ4n) is 3.16. The Bertz CT molecular complexity index is 1070. The van der Waals surface area contributed by atoms with Gasteiger partial charge in [-0.1, -0.05) is 11.6 Å². The maximum atomic E-state index is 12.5. The van der Waals surface area contributed by atoms with Crippen molar-refractivity contribution < 1.29 is 28.6 Å². The molecule has 0 aliphatic carbocycles. The highest BCUT2D eigenvalue weighted by atomic mass is 35.5. The summed E-state index contributed by atoms with van der Waals surface area (Å²) < 4.78 is 15.9. The van der Waals surface area contributed by atoms with Crippen LogP contribution in [0.15, 0.2) is 24.3 Å². The van der Waals surface area contributed by atoms with E-state index in [1.165, 1.54) is 13.2 Å². The van der Waals surface area contributed by atoms with Crippen LogP contribution < -0.4 is 15.4 Å². The van der Waals surface area contributed by atoms with Crippen molar-refractivity contribution in [3.8, 4) is 17.0 Å². The monoisotopic (exact) mass is 476 g/mol. The first kappa shape index (κ1) is 24.2. The predicted octanol–water partition coefficient (Wildman–Crippen LogP) is 3.05. The molecule has 2 amide bonds. The molecule has 2 aromatic rings. The van der Waals surface area contributed by atoms with E-state index in [9.17, 15) is 14.4 Å². The van der Waals surface area contributed by atoms with Crippen molar-refractivity contribution in [1.82, 2.24) is 20.8 Å². The molecule has 0 radical (unpaired) electrons. The molecule has 3 rings (SSSR count). The van der Waals surface area contributed by atoms with E-state index in [-0.39, 0.29) is 30.6 Å². The van der Waals surface area contributed by atoms with Crippen LogP contribution in [0.25, 0.3) is 11.3 Å². The molecule has 1 aliphatic rings. The van der Waals surface area contributed by atoms with Gasteiger partial charge in [-0.05, 0) is 45.0 Å². The van der Waals surface area contributed by atoms with Crippen molar-refractivity contribution in [2.24, 2.45) is 0 Å². The molecule has 1 atom stereocenters. The number of nitrogens with one attached hydrogen (secondary N) is 2. The van der Waals surface area contributed by atoms with Crippen molar-refractivity contribution in [2.75, 3.05) is 20.3 Å². The molecular formula is C22H25ClN4O6. The molecule has 2 heterocycles. The Hall–Kier alpha value is -3.40. The third-order valence-corrected chi connectivity index (χ3v) is 4.89. The van der Waals surface area contributed by atoms with Gasteiger partial charge in [0.15, 0.2) is 5.15 Å². The van der Waals surface area contributed by atoms with Crippen LogP contribution in [0.5, 0.6) is 5.75 Å². The van der Waals surface area contributed by atoms with Crippen LogP contribution in [0.3, 0.4) is 0 Å². The Morgan fingerprint density at radius 3 is 2.70 bits per heavy atom. The number of benzene rings is 1. The van der Waals surface area contributed by atoms with Crippen LogP contribution >= 0.6 is 11.6 Å². The Balaban J connectivity index is 2.06. The molecule has 0 saturated carbocycles. The zero-order valence-electron chi connectivity index (χ0n) is 18.7. The molecule has 1 unspecified atom stereocenters. The second kappa shape index (κ2) is 10.0. The van der Waals surface area contributed by atoms with E-state index in [4.69, 9.17) is 25.8 Å². The summed E-state index contributed by atoms with van der Waals surface area (Å²) in [7, 11) is 1.28. The lowest BCUT2D eigenvalue weighted by molar-refractivity contribution is -0.121. The number of hydrogen-bond donors (Lipinski definition) is 2. The average molecular weight is 477 g/mol. The summed E-state index contributed by atoms with van der Waals surface area (Å²) in [6.45, 7) is 5.55. The minimum absolute atomic E-state index is 0.0262. The number of esters is 1. The van der Waals surface area contributed by atoms with Crippen LogP contribution in [-0.2, 0) is 14.3 Å². The number of rotatable bonds is 2. The normalized spacial score (nSPS) is 16.2. The number of ether oxygens (including phenoxy) is 3. The zero-order chi connectivity index (χ0) is 24.2. The van der Waals surface area contributed by atoms with E-state index in [0.29, 0.717) is 28.1 Å². The minimum atomic E-state index is -0.820. The number of carbonyl (C=O) groups is 3. The number of hydrogen-bond acceptors (Lipinski definition) is 8. The second-order valence-corrected chi connectivity index (χ2v) is 8.64. The lowest BCUT2D eigenvalue weighted by Gasteiger charge is -2.24.